The van der Waals surface area contributed by atoms with E-state index in [4.69, 9.17) is 10.2 Å². The molecule has 0 radical (unpaired) electrons. The zero-order valence-electron chi connectivity index (χ0n) is 10.0. The summed E-state index contributed by atoms with van der Waals surface area (Å²) in [6.45, 7) is 7.21. The van der Waals surface area contributed by atoms with Crippen molar-refractivity contribution in [2.45, 2.75) is 27.7 Å². The van der Waals surface area contributed by atoms with Gasteiger partial charge >= 0.3 is 71.1 Å². The van der Waals surface area contributed by atoms with Gasteiger partial charge in [-0.3, -0.25) is 0 Å². The van der Waals surface area contributed by atoms with Crippen LogP contribution in [0.25, 0.3) is 0 Å². The van der Waals surface area contributed by atoms with E-state index in [1.165, 1.54) is 12.2 Å². The summed E-state index contributed by atoms with van der Waals surface area (Å²) in [6.07, 6.45) is 2.90. The Bertz CT molecular complexity index is 310. The van der Waals surface area contributed by atoms with Crippen molar-refractivity contribution < 1.29 is 19.8 Å². The van der Waals surface area contributed by atoms with Crippen molar-refractivity contribution in [3.63, 3.8) is 0 Å². The van der Waals surface area contributed by atoms with Gasteiger partial charge in [-0.1, -0.05) is 39.8 Å². The normalized spacial score (nSPS) is 11.9. The van der Waals surface area contributed by atoms with Crippen molar-refractivity contribution in [1.29, 1.82) is 0 Å². The summed E-state index contributed by atoms with van der Waals surface area (Å²) in [5.74, 6) is -2.44. The van der Waals surface area contributed by atoms with Crippen LogP contribution >= 0.6 is 0 Å². The van der Waals surface area contributed by atoms with Crippen LogP contribution in [0.4, 0.5) is 0 Å². The summed E-state index contributed by atoms with van der Waals surface area (Å²) >= 11 is 0. The van der Waals surface area contributed by atoms with E-state index >= 15 is 0 Å². The molecular formula is C12H20Na2O4. The number of aliphatic carboxylic acids is 2. The predicted molar refractivity (Wildman–Crippen MR) is 75.4 cm³/mol. The molecular weight excluding hydrogens is 254 g/mol. The maximum absolute atomic E-state index is 11.0. The van der Waals surface area contributed by atoms with Gasteiger partial charge in [-0.25, -0.2) is 9.59 Å². The molecule has 0 amide bonds. The molecule has 0 aliphatic carbocycles. The third kappa shape index (κ3) is 9.36. The van der Waals surface area contributed by atoms with Gasteiger partial charge in [0.1, 0.15) is 0 Å². The summed E-state index contributed by atoms with van der Waals surface area (Å²) in [5, 5.41) is 18.0. The molecule has 0 rings (SSSR count). The summed E-state index contributed by atoms with van der Waals surface area (Å²) in [7, 11) is 0. The molecule has 0 unspecified atom stereocenters. The average Bonchev–Trinajstić information content (AvgIpc) is 2.09. The van der Waals surface area contributed by atoms with Crippen LogP contribution < -0.4 is 0 Å². The third-order valence-electron chi connectivity index (χ3n) is 1.75. The average molecular weight is 274 g/mol. The molecule has 2 N–H and O–H groups in total. The van der Waals surface area contributed by atoms with Gasteiger partial charge in [0.15, 0.2) is 0 Å². The Kier molecular flexibility index (Phi) is 14.7. The van der Waals surface area contributed by atoms with Crippen molar-refractivity contribution in [1.82, 2.24) is 0 Å². The second-order valence-corrected chi connectivity index (χ2v) is 4.26. The van der Waals surface area contributed by atoms with Crippen LogP contribution in [-0.2, 0) is 9.59 Å². The fourth-order valence-corrected chi connectivity index (χ4v) is 1.22. The van der Waals surface area contributed by atoms with E-state index < -0.39 is 11.9 Å². The molecule has 0 bridgehead atoms. The number of hydrogen-bond donors (Lipinski definition) is 2. The molecule has 0 aromatic rings. The molecule has 0 saturated heterocycles. The van der Waals surface area contributed by atoms with E-state index in [2.05, 4.69) is 0 Å². The number of rotatable bonds is 5. The van der Waals surface area contributed by atoms with Gasteiger partial charge in [0.25, 0.3) is 0 Å². The number of carbonyl (C=O) groups is 2. The fourth-order valence-electron chi connectivity index (χ4n) is 1.22. The molecule has 18 heavy (non-hydrogen) atoms. The van der Waals surface area contributed by atoms with Crippen LogP contribution in [0.5, 0.6) is 0 Å². The van der Waals surface area contributed by atoms with E-state index in [9.17, 15) is 9.59 Å². The number of carboxylic acid groups (broad SMARTS) is 2. The molecule has 0 heterocycles. The molecule has 0 aromatic heterocycles. The molecule has 0 aromatic carbocycles. The molecule has 94 valence electrons. The van der Waals surface area contributed by atoms with Gasteiger partial charge in [-0.05, 0) is 11.8 Å². The Morgan fingerprint density at radius 3 is 1.11 bits per heavy atom. The minimum absolute atomic E-state index is 0. The summed E-state index contributed by atoms with van der Waals surface area (Å²) in [6, 6.07) is 0. The van der Waals surface area contributed by atoms with Crippen LogP contribution in [0.2, 0.25) is 0 Å². The van der Waals surface area contributed by atoms with Gasteiger partial charge in [0, 0.05) is 0 Å². The SMILES string of the molecule is CC(C)C=C(C(=O)O)C(=CC(C)C)C(=O)O.[NaH].[NaH]. The monoisotopic (exact) mass is 274 g/mol. The Labute approximate surface area is 152 Å². The van der Waals surface area contributed by atoms with Crippen molar-refractivity contribution in [3.8, 4) is 0 Å². The predicted octanol–water partition coefficient (Wildman–Crippen LogP) is 1.02. The Balaban J connectivity index is -0.00000112. The number of hydrogen-bond acceptors (Lipinski definition) is 2. The van der Waals surface area contributed by atoms with Gasteiger partial charge in [0.05, 0.1) is 11.1 Å². The first-order chi connectivity index (χ1) is 7.25. The van der Waals surface area contributed by atoms with Crippen LogP contribution in [0.3, 0.4) is 0 Å². The van der Waals surface area contributed by atoms with Crippen LogP contribution in [-0.4, -0.2) is 81.3 Å². The van der Waals surface area contributed by atoms with Crippen molar-refractivity contribution in [2.24, 2.45) is 11.8 Å². The second-order valence-electron chi connectivity index (χ2n) is 4.26. The van der Waals surface area contributed by atoms with Gasteiger partial charge < -0.3 is 10.2 Å². The Morgan fingerprint density at radius 1 is 0.778 bits per heavy atom. The van der Waals surface area contributed by atoms with Crippen LogP contribution in [0.15, 0.2) is 23.3 Å². The van der Waals surface area contributed by atoms with E-state index in [0.717, 1.165) is 0 Å². The summed E-state index contributed by atoms with van der Waals surface area (Å²) in [4.78, 5) is 22.0. The zero-order valence-corrected chi connectivity index (χ0v) is 10.0. The third-order valence-corrected chi connectivity index (χ3v) is 1.75. The molecule has 0 aliphatic rings. The standard InChI is InChI=1S/C12H18O4.2Na.2H/c1-7(2)5-9(11(13)14)10(12(15)16)6-8(3)4;;;;/h5-8H,1-4H3,(H,13,14)(H,15,16);;;;. The van der Waals surface area contributed by atoms with E-state index in [-0.39, 0.29) is 82.1 Å². The molecule has 0 aliphatic heterocycles. The van der Waals surface area contributed by atoms with Crippen molar-refractivity contribution >= 4 is 71.1 Å². The number of carboxylic acids is 2. The van der Waals surface area contributed by atoms with E-state index in [0.29, 0.717) is 0 Å². The second kappa shape index (κ2) is 11.3. The quantitative estimate of drug-likeness (QED) is 0.446. The first-order valence-corrected chi connectivity index (χ1v) is 5.16. The molecule has 0 saturated carbocycles. The number of allylic oxidation sites excluding steroid dienone is 2. The van der Waals surface area contributed by atoms with Crippen LogP contribution in [0, 0.1) is 11.8 Å². The maximum atomic E-state index is 11.0. The Hall–Kier alpha value is 0.420. The summed E-state index contributed by atoms with van der Waals surface area (Å²) in [5.41, 5.74) is -0.285. The van der Waals surface area contributed by atoms with Crippen LogP contribution in [0.1, 0.15) is 27.7 Å². The molecule has 0 spiro atoms. The Morgan fingerprint density at radius 2 is 1.00 bits per heavy atom. The summed E-state index contributed by atoms with van der Waals surface area (Å²) < 4.78 is 0. The molecule has 0 fully saturated rings. The fraction of sp³-hybridized carbons (Fsp3) is 0.500. The molecule has 4 nitrogen and oxygen atoms in total. The molecule has 6 heteroatoms. The minimum atomic E-state index is -1.21. The van der Waals surface area contributed by atoms with Crippen molar-refractivity contribution in [3.05, 3.63) is 23.3 Å². The topological polar surface area (TPSA) is 74.6 Å². The zero-order chi connectivity index (χ0) is 12.9. The first kappa shape index (κ1) is 23.5. The molecule has 0 atom stereocenters. The van der Waals surface area contributed by atoms with E-state index in [1.807, 2.05) is 0 Å². The van der Waals surface area contributed by atoms with Gasteiger partial charge in [-0.15, -0.1) is 0 Å². The first-order valence-electron chi connectivity index (χ1n) is 5.16. The van der Waals surface area contributed by atoms with E-state index in [1.54, 1.807) is 27.7 Å². The van der Waals surface area contributed by atoms with Gasteiger partial charge in [0.2, 0.25) is 0 Å². The van der Waals surface area contributed by atoms with Crippen molar-refractivity contribution in [2.75, 3.05) is 0 Å². The van der Waals surface area contributed by atoms with Gasteiger partial charge in [-0.2, -0.15) is 0 Å².